The van der Waals surface area contributed by atoms with Crippen molar-refractivity contribution in [2.75, 3.05) is 26.4 Å². The monoisotopic (exact) mass is 408 g/mol. The highest BCUT2D eigenvalue weighted by atomic mass is 16.6. The molecule has 8 nitrogen and oxygen atoms in total. The van der Waals surface area contributed by atoms with E-state index in [0.29, 0.717) is 0 Å². The van der Waals surface area contributed by atoms with Gasteiger partial charge in [0.15, 0.2) is 0 Å². The quantitative estimate of drug-likeness (QED) is 0.275. The normalized spacial score (nSPS) is 12.0. The lowest BCUT2D eigenvalue weighted by atomic mass is 9.92. The largest absolute Gasteiger partial charge is 0.462 e. The number of hydrogen-bond donors (Lipinski definition) is 0. The lowest BCUT2D eigenvalue weighted by molar-refractivity contribution is -0.164. The molecule has 0 fully saturated rings. The summed E-state index contributed by atoms with van der Waals surface area (Å²) in [7, 11) is 0. The van der Waals surface area contributed by atoms with E-state index in [2.05, 4.69) is 0 Å². The number of esters is 4. The fraction of sp³-hybridized carbons (Fsp3) is 0.429. The maximum Gasteiger partial charge on any atom is 0.330 e. The number of carbonyl (C=O) groups excluding carboxylic acids is 4. The van der Waals surface area contributed by atoms with Crippen molar-refractivity contribution in [3.05, 3.63) is 48.6 Å². The van der Waals surface area contributed by atoms with Gasteiger partial charge in [-0.25, -0.2) is 19.2 Å². The summed E-state index contributed by atoms with van der Waals surface area (Å²) in [5.41, 5.74) is -1.29. The molecule has 0 aliphatic rings. The summed E-state index contributed by atoms with van der Waals surface area (Å²) in [5.74, 6) is -2.57. The van der Waals surface area contributed by atoms with Crippen LogP contribution in [0.1, 0.15) is 27.7 Å². The molecule has 0 rings (SSSR count). The predicted octanol–water partition coefficient (Wildman–Crippen LogP) is 2.45. The zero-order valence-electron chi connectivity index (χ0n) is 17.2. The fourth-order valence-corrected chi connectivity index (χ4v) is 1.88. The smallest absolute Gasteiger partial charge is 0.330 e. The van der Waals surface area contributed by atoms with Crippen molar-refractivity contribution in [1.29, 1.82) is 0 Å². The third-order valence-electron chi connectivity index (χ3n) is 3.29. The van der Waals surface area contributed by atoms with Gasteiger partial charge in [-0.15, -0.1) is 0 Å². The van der Waals surface area contributed by atoms with Gasteiger partial charge in [0.05, 0.1) is 0 Å². The topological polar surface area (TPSA) is 105 Å². The van der Waals surface area contributed by atoms with E-state index in [4.69, 9.17) is 18.9 Å². The van der Waals surface area contributed by atoms with Gasteiger partial charge >= 0.3 is 23.9 Å². The Balaban J connectivity index is 5.57. The Bertz CT molecular complexity index is 553. The van der Waals surface area contributed by atoms with Crippen LogP contribution in [0.25, 0.3) is 0 Å². The second kappa shape index (κ2) is 14.8. The van der Waals surface area contributed by atoms with E-state index in [1.165, 1.54) is 48.6 Å². The van der Waals surface area contributed by atoms with E-state index in [0.717, 1.165) is 0 Å². The molecular weight excluding hydrogens is 380 g/mol. The molecule has 0 bridgehead atoms. The van der Waals surface area contributed by atoms with Crippen LogP contribution in [-0.4, -0.2) is 50.3 Å². The summed E-state index contributed by atoms with van der Waals surface area (Å²) in [5, 5.41) is 0. The van der Waals surface area contributed by atoms with Gasteiger partial charge in [0.1, 0.15) is 31.8 Å². The summed E-state index contributed by atoms with van der Waals surface area (Å²) in [6.45, 7) is 5.32. The van der Waals surface area contributed by atoms with E-state index in [-0.39, 0.29) is 26.4 Å². The molecule has 0 aromatic rings. The Labute approximate surface area is 170 Å². The first-order valence-electron chi connectivity index (χ1n) is 9.00. The Morgan fingerprint density at radius 2 is 0.724 bits per heavy atom. The molecule has 0 aromatic heterocycles. The molecule has 0 N–H and O–H groups in total. The van der Waals surface area contributed by atoms with Gasteiger partial charge in [-0.1, -0.05) is 24.3 Å². The van der Waals surface area contributed by atoms with Crippen LogP contribution in [0.4, 0.5) is 0 Å². The van der Waals surface area contributed by atoms with E-state index in [1.807, 2.05) is 0 Å². The molecule has 0 spiro atoms. The number of allylic oxidation sites excluding steroid dienone is 4. The molecule has 0 aliphatic carbocycles. The van der Waals surface area contributed by atoms with Crippen LogP contribution in [0.3, 0.4) is 0 Å². The first-order chi connectivity index (χ1) is 13.8. The van der Waals surface area contributed by atoms with Crippen molar-refractivity contribution in [3.8, 4) is 0 Å². The van der Waals surface area contributed by atoms with Crippen LogP contribution in [-0.2, 0) is 38.1 Å². The summed E-state index contributed by atoms with van der Waals surface area (Å²) in [6.07, 6.45) is 10.8. The molecule has 29 heavy (non-hydrogen) atoms. The molecule has 0 aliphatic heterocycles. The number of ether oxygens (including phenoxy) is 4. The van der Waals surface area contributed by atoms with Gasteiger partial charge in [-0.2, -0.15) is 0 Å². The molecule has 8 heteroatoms. The van der Waals surface area contributed by atoms with Crippen molar-refractivity contribution >= 4 is 23.9 Å². The van der Waals surface area contributed by atoms with Crippen LogP contribution in [0.5, 0.6) is 0 Å². The van der Waals surface area contributed by atoms with Gasteiger partial charge in [0.25, 0.3) is 0 Å². The molecule has 0 heterocycles. The molecular formula is C21H28O8. The Morgan fingerprint density at radius 1 is 0.517 bits per heavy atom. The second-order valence-corrected chi connectivity index (χ2v) is 5.93. The van der Waals surface area contributed by atoms with Crippen molar-refractivity contribution in [3.63, 3.8) is 0 Å². The summed E-state index contributed by atoms with van der Waals surface area (Å²) in [6, 6.07) is 0. The Morgan fingerprint density at radius 3 is 0.897 bits per heavy atom. The Hall–Kier alpha value is -3.16. The molecule has 0 atom stereocenters. The number of rotatable bonds is 12. The van der Waals surface area contributed by atoms with E-state index in [9.17, 15) is 19.2 Å². The van der Waals surface area contributed by atoms with Gasteiger partial charge < -0.3 is 18.9 Å². The molecule has 0 aromatic carbocycles. The third kappa shape index (κ3) is 12.0. The van der Waals surface area contributed by atoms with Crippen LogP contribution in [0.15, 0.2) is 48.6 Å². The third-order valence-corrected chi connectivity index (χ3v) is 3.29. The SMILES string of the molecule is C/C=C/C(=O)OCC(COC(=O)/C=C/C)(COC(=O)/C=C/C)COC(=O)/C=C/C. The van der Waals surface area contributed by atoms with Crippen molar-refractivity contribution in [1.82, 2.24) is 0 Å². The maximum absolute atomic E-state index is 11.7. The minimum atomic E-state index is -1.29. The highest BCUT2D eigenvalue weighted by Crippen LogP contribution is 2.22. The maximum atomic E-state index is 11.7. The van der Waals surface area contributed by atoms with Gasteiger partial charge in [0.2, 0.25) is 0 Å². The zero-order chi connectivity index (χ0) is 22.1. The first-order valence-corrected chi connectivity index (χ1v) is 9.00. The van der Waals surface area contributed by atoms with Crippen molar-refractivity contribution in [2.45, 2.75) is 27.7 Å². The van der Waals surface area contributed by atoms with E-state index in [1.54, 1.807) is 27.7 Å². The van der Waals surface area contributed by atoms with E-state index < -0.39 is 29.3 Å². The zero-order valence-corrected chi connectivity index (χ0v) is 17.2. The molecule has 0 saturated carbocycles. The lowest BCUT2D eigenvalue weighted by Gasteiger charge is -2.31. The van der Waals surface area contributed by atoms with Crippen molar-refractivity contribution in [2.24, 2.45) is 5.41 Å². The molecule has 0 amide bonds. The minimum Gasteiger partial charge on any atom is -0.462 e. The van der Waals surface area contributed by atoms with Crippen molar-refractivity contribution < 1.29 is 38.1 Å². The average Bonchev–Trinajstić information content (AvgIpc) is 2.68. The molecule has 0 radical (unpaired) electrons. The highest BCUT2D eigenvalue weighted by molar-refractivity contribution is 5.83. The lowest BCUT2D eigenvalue weighted by Crippen LogP contribution is -2.43. The fourth-order valence-electron chi connectivity index (χ4n) is 1.88. The van der Waals surface area contributed by atoms with Crippen LogP contribution < -0.4 is 0 Å². The van der Waals surface area contributed by atoms with Crippen LogP contribution >= 0.6 is 0 Å². The summed E-state index contributed by atoms with van der Waals surface area (Å²) < 4.78 is 20.7. The second-order valence-electron chi connectivity index (χ2n) is 5.93. The van der Waals surface area contributed by atoms with E-state index >= 15 is 0 Å². The number of hydrogen-bond acceptors (Lipinski definition) is 8. The minimum absolute atomic E-state index is 0.314. The predicted molar refractivity (Wildman–Crippen MR) is 106 cm³/mol. The summed E-state index contributed by atoms with van der Waals surface area (Å²) in [4.78, 5) is 47.0. The van der Waals surface area contributed by atoms with Gasteiger partial charge in [-0.05, 0) is 27.7 Å². The van der Waals surface area contributed by atoms with Gasteiger partial charge in [0, 0.05) is 24.3 Å². The molecule has 0 unspecified atom stereocenters. The average molecular weight is 408 g/mol. The Kier molecular flexibility index (Phi) is 13.2. The highest BCUT2D eigenvalue weighted by Gasteiger charge is 2.37. The standard InChI is InChI=1S/C21H28O8/c1-5-9-17(22)26-13-21(14-27-18(23)10-6-2,15-28-19(24)11-7-3)16-29-20(25)12-8-4/h5-12H,13-16H2,1-4H3/b9-5+,10-6+,11-7+,12-8+. The van der Waals surface area contributed by atoms with Gasteiger partial charge in [-0.3, -0.25) is 0 Å². The number of carbonyl (C=O) groups is 4. The van der Waals surface area contributed by atoms with Crippen LogP contribution in [0.2, 0.25) is 0 Å². The van der Waals surface area contributed by atoms with Crippen LogP contribution in [0, 0.1) is 5.41 Å². The first kappa shape index (κ1) is 25.8. The molecule has 160 valence electrons. The molecule has 0 saturated heterocycles. The summed E-state index contributed by atoms with van der Waals surface area (Å²) >= 11 is 0.